The lowest BCUT2D eigenvalue weighted by molar-refractivity contribution is -0.385. The third kappa shape index (κ3) is 4.43. The summed E-state index contributed by atoms with van der Waals surface area (Å²) in [4.78, 5) is 16.1. The Bertz CT molecular complexity index is 1170. The van der Waals surface area contributed by atoms with Gasteiger partial charge in [-0.1, -0.05) is 74.7 Å². The minimum Gasteiger partial charge on any atom is -0.487 e. The summed E-state index contributed by atoms with van der Waals surface area (Å²) in [5.74, 6) is 1.02. The fourth-order valence-corrected chi connectivity index (χ4v) is 3.68. The molecule has 158 valence electrons. The molecule has 0 aliphatic heterocycles. The number of unbranched alkanes of at least 4 members (excludes halogenated alkanes) is 3. The minimum atomic E-state index is -0.398. The molecular weight excluding hydrogens is 390 g/mol. The summed E-state index contributed by atoms with van der Waals surface area (Å²) >= 11 is 0. The molecule has 0 fully saturated rings. The van der Waals surface area contributed by atoms with E-state index in [1.165, 1.54) is 6.07 Å². The summed E-state index contributed by atoms with van der Waals surface area (Å²) in [6.07, 6.45) is 4.18. The van der Waals surface area contributed by atoms with Crippen molar-refractivity contribution in [2.45, 2.75) is 32.6 Å². The number of fused-ring (bicyclic) bond motifs is 1. The lowest BCUT2D eigenvalue weighted by atomic mass is 10.2. The smallest absolute Gasteiger partial charge is 0.313 e. The molecule has 0 bridgehead atoms. The monoisotopic (exact) mass is 415 g/mol. The topological polar surface area (TPSA) is 70.2 Å². The molecule has 0 radical (unpaired) electrons. The Morgan fingerprint density at radius 1 is 0.968 bits per heavy atom. The van der Waals surface area contributed by atoms with Crippen LogP contribution in [-0.4, -0.2) is 21.1 Å². The fraction of sp³-hybridized carbons (Fsp3) is 0.240. The number of imidazole rings is 1. The molecule has 0 aliphatic rings. The van der Waals surface area contributed by atoms with Crippen LogP contribution in [0.15, 0.2) is 72.8 Å². The SMILES string of the molecule is CCCCCCOc1cc2c(cc1[N+](=O)[O-])nc(-c1ccccc1)n2-c1ccccc1. The van der Waals surface area contributed by atoms with Crippen molar-refractivity contribution in [1.82, 2.24) is 9.55 Å². The molecule has 3 aromatic carbocycles. The second-order valence-corrected chi connectivity index (χ2v) is 7.45. The van der Waals surface area contributed by atoms with Crippen LogP contribution < -0.4 is 4.74 Å². The van der Waals surface area contributed by atoms with Crippen molar-refractivity contribution in [1.29, 1.82) is 0 Å². The van der Waals surface area contributed by atoms with Crippen LogP contribution in [0.4, 0.5) is 5.69 Å². The Morgan fingerprint density at radius 3 is 2.35 bits per heavy atom. The molecule has 31 heavy (non-hydrogen) atoms. The maximum absolute atomic E-state index is 11.7. The largest absolute Gasteiger partial charge is 0.487 e. The Hall–Kier alpha value is -3.67. The van der Waals surface area contributed by atoms with E-state index in [1.807, 2.05) is 65.2 Å². The molecule has 4 rings (SSSR count). The molecule has 4 aromatic rings. The predicted molar refractivity (Wildman–Crippen MR) is 123 cm³/mol. The van der Waals surface area contributed by atoms with Crippen molar-refractivity contribution in [2.24, 2.45) is 0 Å². The van der Waals surface area contributed by atoms with Gasteiger partial charge in [-0.05, 0) is 18.6 Å². The molecule has 0 spiro atoms. The van der Waals surface area contributed by atoms with Crippen molar-refractivity contribution >= 4 is 16.7 Å². The maximum Gasteiger partial charge on any atom is 0.313 e. The summed E-state index contributed by atoms with van der Waals surface area (Å²) in [6, 6.07) is 23.0. The van der Waals surface area contributed by atoms with E-state index in [9.17, 15) is 10.1 Å². The Morgan fingerprint density at radius 2 is 1.68 bits per heavy atom. The third-order valence-corrected chi connectivity index (χ3v) is 5.23. The minimum absolute atomic E-state index is 0.0553. The second kappa shape index (κ2) is 9.43. The quantitative estimate of drug-likeness (QED) is 0.176. The van der Waals surface area contributed by atoms with E-state index in [1.54, 1.807) is 6.07 Å². The number of para-hydroxylation sites is 1. The van der Waals surface area contributed by atoms with E-state index in [-0.39, 0.29) is 11.4 Å². The molecule has 6 nitrogen and oxygen atoms in total. The molecule has 0 amide bonds. The van der Waals surface area contributed by atoms with Crippen LogP contribution in [0.25, 0.3) is 28.1 Å². The first-order chi connectivity index (χ1) is 15.2. The zero-order valence-corrected chi connectivity index (χ0v) is 17.5. The van der Waals surface area contributed by atoms with Crippen LogP contribution in [0.3, 0.4) is 0 Å². The summed E-state index contributed by atoms with van der Waals surface area (Å²) in [5.41, 5.74) is 3.16. The standard InChI is InChI=1S/C25H25N3O3/c1-2-3-4-11-16-31-24-18-22-21(17-23(24)28(29)30)26-25(19-12-7-5-8-13-19)27(22)20-14-9-6-10-15-20/h5-10,12-15,17-18H,2-4,11,16H2,1H3. The number of nitro benzene ring substituents is 1. The van der Waals surface area contributed by atoms with Gasteiger partial charge in [-0.15, -0.1) is 0 Å². The number of hydrogen-bond donors (Lipinski definition) is 0. The van der Waals surface area contributed by atoms with Crippen LogP contribution in [0.1, 0.15) is 32.6 Å². The highest BCUT2D eigenvalue weighted by molar-refractivity contribution is 5.87. The van der Waals surface area contributed by atoms with Gasteiger partial charge >= 0.3 is 5.69 Å². The first-order valence-corrected chi connectivity index (χ1v) is 10.6. The van der Waals surface area contributed by atoms with Gasteiger partial charge in [0.25, 0.3) is 0 Å². The number of hydrogen-bond acceptors (Lipinski definition) is 4. The van der Waals surface area contributed by atoms with E-state index in [0.717, 1.165) is 48.3 Å². The van der Waals surface area contributed by atoms with Crippen molar-refractivity contribution in [3.63, 3.8) is 0 Å². The summed E-state index contributed by atoms with van der Waals surface area (Å²) < 4.78 is 7.90. The molecule has 0 unspecified atom stereocenters. The van der Waals surface area contributed by atoms with E-state index in [4.69, 9.17) is 9.72 Å². The van der Waals surface area contributed by atoms with Gasteiger partial charge in [0.1, 0.15) is 5.82 Å². The number of nitrogens with zero attached hydrogens (tertiary/aromatic N) is 3. The molecule has 1 heterocycles. The van der Waals surface area contributed by atoms with Crippen molar-refractivity contribution in [3.8, 4) is 22.8 Å². The highest BCUT2D eigenvalue weighted by Crippen LogP contribution is 2.36. The number of rotatable bonds is 9. The van der Waals surface area contributed by atoms with Gasteiger partial charge in [0.2, 0.25) is 0 Å². The highest BCUT2D eigenvalue weighted by Gasteiger charge is 2.22. The second-order valence-electron chi connectivity index (χ2n) is 7.45. The van der Waals surface area contributed by atoms with E-state index in [2.05, 4.69) is 6.92 Å². The number of aromatic nitrogens is 2. The first-order valence-electron chi connectivity index (χ1n) is 10.6. The third-order valence-electron chi connectivity index (χ3n) is 5.23. The van der Waals surface area contributed by atoms with Crippen LogP contribution in [0.5, 0.6) is 5.75 Å². The number of benzene rings is 3. The zero-order chi connectivity index (χ0) is 21.6. The summed E-state index contributed by atoms with van der Waals surface area (Å²) in [5, 5.41) is 11.7. The van der Waals surface area contributed by atoms with Gasteiger partial charge in [0.05, 0.1) is 22.6 Å². The van der Waals surface area contributed by atoms with E-state index < -0.39 is 4.92 Å². The Labute approximate surface area is 181 Å². The normalized spacial score (nSPS) is 11.0. The molecule has 0 N–H and O–H groups in total. The summed E-state index contributed by atoms with van der Waals surface area (Å²) in [6.45, 7) is 2.60. The van der Waals surface area contributed by atoms with Gasteiger partial charge in [-0.3, -0.25) is 14.7 Å². The molecule has 0 saturated heterocycles. The Balaban J connectivity index is 1.85. The lowest BCUT2D eigenvalue weighted by Crippen LogP contribution is -2.02. The van der Waals surface area contributed by atoms with Crippen LogP contribution in [0, 0.1) is 10.1 Å². The van der Waals surface area contributed by atoms with E-state index >= 15 is 0 Å². The molecule has 0 saturated carbocycles. The molecule has 6 heteroatoms. The maximum atomic E-state index is 11.7. The average Bonchev–Trinajstić information content (AvgIpc) is 3.18. The predicted octanol–water partition coefficient (Wildman–Crippen LogP) is 6.56. The highest BCUT2D eigenvalue weighted by atomic mass is 16.6. The van der Waals surface area contributed by atoms with Gasteiger partial charge in [0, 0.05) is 23.4 Å². The molecule has 0 atom stereocenters. The lowest BCUT2D eigenvalue weighted by Gasteiger charge is -2.11. The first kappa shape index (κ1) is 20.6. The Kier molecular flexibility index (Phi) is 6.26. The van der Waals surface area contributed by atoms with Crippen LogP contribution in [-0.2, 0) is 0 Å². The van der Waals surface area contributed by atoms with Crippen molar-refractivity contribution < 1.29 is 9.66 Å². The van der Waals surface area contributed by atoms with Crippen molar-refractivity contribution in [3.05, 3.63) is 82.9 Å². The van der Waals surface area contributed by atoms with Crippen molar-refractivity contribution in [2.75, 3.05) is 6.61 Å². The average molecular weight is 415 g/mol. The zero-order valence-electron chi connectivity index (χ0n) is 17.5. The fourth-order valence-electron chi connectivity index (χ4n) is 3.68. The van der Waals surface area contributed by atoms with E-state index in [0.29, 0.717) is 12.1 Å². The van der Waals surface area contributed by atoms with Crippen LogP contribution in [0.2, 0.25) is 0 Å². The van der Waals surface area contributed by atoms with Gasteiger partial charge in [-0.25, -0.2) is 4.98 Å². The number of nitro groups is 1. The summed E-state index contributed by atoms with van der Waals surface area (Å²) in [7, 11) is 0. The molecular formula is C25H25N3O3. The van der Waals surface area contributed by atoms with Gasteiger partial charge < -0.3 is 4.74 Å². The molecule has 0 aliphatic carbocycles. The van der Waals surface area contributed by atoms with Gasteiger partial charge in [0.15, 0.2) is 5.75 Å². The van der Waals surface area contributed by atoms with Crippen LogP contribution >= 0.6 is 0 Å². The van der Waals surface area contributed by atoms with Gasteiger partial charge in [-0.2, -0.15) is 0 Å². The molecule has 1 aromatic heterocycles. The number of ether oxygens (including phenoxy) is 1.